The van der Waals surface area contributed by atoms with Crippen molar-refractivity contribution in [2.45, 2.75) is 6.92 Å². The van der Waals surface area contributed by atoms with E-state index in [2.05, 4.69) is 4.98 Å². The van der Waals surface area contributed by atoms with Gasteiger partial charge < -0.3 is 8.83 Å². The lowest BCUT2D eigenvalue weighted by Crippen LogP contribution is -2.02. The number of ketones is 1. The van der Waals surface area contributed by atoms with Crippen LogP contribution in [0.15, 0.2) is 86.7 Å². The lowest BCUT2D eigenvalue weighted by Gasteiger charge is -2.05. The predicted octanol–water partition coefficient (Wildman–Crippen LogP) is 5.14. The molecule has 0 radical (unpaired) electrons. The number of rotatable bonds is 3. The molecule has 0 bridgehead atoms. The average Bonchev–Trinajstić information content (AvgIpc) is 3.14. The highest BCUT2D eigenvalue weighted by molar-refractivity contribution is 6.20. The summed E-state index contributed by atoms with van der Waals surface area (Å²) < 4.78 is 11.6. The Labute approximate surface area is 165 Å². The van der Waals surface area contributed by atoms with Crippen LogP contribution in [-0.4, -0.2) is 10.8 Å². The molecule has 0 aliphatic heterocycles. The smallest absolute Gasteiger partial charge is 0.336 e. The molecule has 0 fully saturated rings. The molecule has 3 aromatic heterocycles. The first-order valence-electron chi connectivity index (χ1n) is 9.13. The van der Waals surface area contributed by atoms with Crippen LogP contribution in [0.3, 0.4) is 0 Å². The minimum atomic E-state index is -0.442. The number of hydrogen-bond donors (Lipinski definition) is 0. The average molecular weight is 381 g/mol. The van der Waals surface area contributed by atoms with Crippen LogP contribution < -0.4 is 5.63 Å². The number of pyridine rings is 1. The number of aromatic nitrogens is 1. The van der Waals surface area contributed by atoms with Crippen molar-refractivity contribution in [1.82, 2.24) is 4.98 Å². The molecule has 0 N–H and O–H groups in total. The molecule has 3 heterocycles. The van der Waals surface area contributed by atoms with Gasteiger partial charge in [0.2, 0.25) is 5.78 Å². The van der Waals surface area contributed by atoms with Gasteiger partial charge in [-0.25, -0.2) is 4.79 Å². The molecule has 0 amide bonds. The molecule has 5 nitrogen and oxygen atoms in total. The SMILES string of the molecule is Cc1cc(=O)oc2c1ccc1oc(C(=O)c3cccnc3)c(-c3ccccc3)c12. The number of furan rings is 1. The van der Waals surface area contributed by atoms with Crippen molar-refractivity contribution in [2.75, 3.05) is 0 Å². The van der Waals surface area contributed by atoms with Crippen LogP contribution in [-0.2, 0) is 0 Å². The molecule has 2 aromatic carbocycles. The van der Waals surface area contributed by atoms with Crippen molar-refractivity contribution in [3.63, 3.8) is 0 Å². The summed E-state index contributed by atoms with van der Waals surface area (Å²) in [5.74, 6) is -0.0906. The van der Waals surface area contributed by atoms with Gasteiger partial charge in [-0.1, -0.05) is 30.3 Å². The molecule has 29 heavy (non-hydrogen) atoms. The molecule has 0 unspecified atom stereocenters. The molecule has 5 heteroatoms. The minimum Gasteiger partial charge on any atom is -0.452 e. The molecule has 0 saturated heterocycles. The molecule has 0 saturated carbocycles. The summed E-state index contributed by atoms with van der Waals surface area (Å²) in [5.41, 5.74) is 3.09. The van der Waals surface area contributed by atoms with Crippen LogP contribution in [0.2, 0.25) is 0 Å². The third-order valence-corrected chi connectivity index (χ3v) is 4.96. The van der Waals surface area contributed by atoms with Gasteiger partial charge in [0.1, 0.15) is 11.2 Å². The van der Waals surface area contributed by atoms with E-state index in [0.717, 1.165) is 16.5 Å². The summed E-state index contributed by atoms with van der Waals surface area (Å²) >= 11 is 0. The number of benzene rings is 2. The summed E-state index contributed by atoms with van der Waals surface area (Å²) in [7, 11) is 0. The van der Waals surface area contributed by atoms with E-state index in [1.165, 1.54) is 12.3 Å². The third kappa shape index (κ3) is 2.75. The van der Waals surface area contributed by atoms with Crippen molar-refractivity contribution in [1.29, 1.82) is 0 Å². The second-order valence-corrected chi connectivity index (χ2v) is 6.81. The largest absolute Gasteiger partial charge is 0.452 e. The zero-order valence-corrected chi connectivity index (χ0v) is 15.5. The van der Waals surface area contributed by atoms with E-state index in [-0.39, 0.29) is 11.5 Å². The Morgan fingerprint density at radius 3 is 2.55 bits per heavy atom. The Morgan fingerprint density at radius 1 is 0.966 bits per heavy atom. The van der Waals surface area contributed by atoms with Crippen molar-refractivity contribution in [2.24, 2.45) is 0 Å². The van der Waals surface area contributed by atoms with Crippen molar-refractivity contribution < 1.29 is 13.6 Å². The number of carbonyl (C=O) groups is 1. The van der Waals surface area contributed by atoms with E-state index < -0.39 is 5.63 Å². The maximum atomic E-state index is 13.3. The fraction of sp³-hybridized carbons (Fsp3) is 0.0417. The quantitative estimate of drug-likeness (QED) is 0.320. The summed E-state index contributed by atoms with van der Waals surface area (Å²) in [6.07, 6.45) is 3.12. The molecule has 0 aliphatic carbocycles. The van der Waals surface area contributed by atoms with Crippen molar-refractivity contribution in [3.8, 4) is 11.1 Å². The van der Waals surface area contributed by atoms with Gasteiger partial charge in [-0.05, 0) is 42.3 Å². The standard InChI is InChI=1S/C24H15NO4/c1-14-12-19(26)29-23-17(14)9-10-18-21(23)20(15-6-3-2-4-7-15)24(28-18)22(27)16-8-5-11-25-13-16/h2-13H,1H3. The highest BCUT2D eigenvalue weighted by Crippen LogP contribution is 2.40. The van der Waals surface area contributed by atoms with Crippen LogP contribution >= 0.6 is 0 Å². The van der Waals surface area contributed by atoms with Crippen LogP contribution in [0, 0.1) is 6.92 Å². The predicted molar refractivity (Wildman–Crippen MR) is 110 cm³/mol. The number of carbonyl (C=O) groups excluding carboxylic acids is 1. The topological polar surface area (TPSA) is 73.3 Å². The van der Waals surface area contributed by atoms with Crippen molar-refractivity contribution in [3.05, 3.63) is 100 Å². The molecule has 0 aliphatic rings. The van der Waals surface area contributed by atoms with Crippen LogP contribution in [0.4, 0.5) is 0 Å². The second kappa shape index (κ2) is 6.56. The number of hydrogen-bond acceptors (Lipinski definition) is 5. The molecule has 140 valence electrons. The monoisotopic (exact) mass is 381 g/mol. The van der Waals surface area contributed by atoms with E-state index in [4.69, 9.17) is 8.83 Å². The first kappa shape index (κ1) is 17.1. The maximum absolute atomic E-state index is 13.3. The molecule has 0 spiro atoms. The molecule has 5 aromatic rings. The number of aryl methyl sites for hydroxylation is 1. The Bertz CT molecular complexity index is 1430. The fourth-order valence-corrected chi connectivity index (χ4v) is 3.63. The van der Waals surface area contributed by atoms with Crippen LogP contribution in [0.25, 0.3) is 33.1 Å². The fourth-order valence-electron chi connectivity index (χ4n) is 3.63. The van der Waals surface area contributed by atoms with Crippen LogP contribution in [0.1, 0.15) is 21.7 Å². The Hall–Kier alpha value is -3.99. The van der Waals surface area contributed by atoms with Crippen LogP contribution in [0.5, 0.6) is 0 Å². The minimum absolute atomic E-state index is 0.191. The Balaban J connectivity index is 1.93. The molecule has 0 atom stereocenters. The van der Waals surface area contributed by atoms with Gasteiger partial charge in [-0.2, -0.15) is 0 Å². The third-order valence-electron chi connectivity index (χ3n) is 4.96. The summed E-state index contributed by atoms with van der Waals surface area (Å²) in [6.45, 7) is 1.86. The first-order chi connectivity index (χ1) is 14.1. The summed E-state index contributed by atoms with van der Waals surface area (Å²) in [5, 5.41) is 1.41. The first-order valence-corrected chi connectivity index (χ1v) is 9.13. The van der Waals surface area contributed by atoms with E-state index in [9.17, 15) is 9.59 Å². The second-order valence-electron chi connectivity index (χ2n) is 6.81. The highest BCUT2D eigenvalue weighted by Gasteiger charge is 2.25. The van der Waals surface area contributed by atoms with E-state index >= 15 is 0 Å². The van der Waals surface area contributed by atoms with E-state index in [1.807, 2.05) is 43.3 Å². The molecular formula is C24H15NO4. The van der Waals surface area contributed by atoms with Gasteiger partial charge >= 0.3 is 5.63 Å². The maximum Gasteiger partial charge on any atom is 0.336 e. The highest BCUT2D eigenvalue weighted by atomic mass is 16.4. The Kier molecular flexibility index (Phi) is 3.88. The van der Waals surface area contributed by atoms with E-state index in [1.54, 1.807) is 24.4 Å². The van der Waals surface area contributed by atoms with Gasteiger partial charge in [0.25, 0.3) is 0 Å². The van der Waals surface area contributed by atoms with Gasteiger partial charge in [-0.15, -0.1) is 0 Å². The van der Waals surface area contributed by atoms with Gasteiger partial charge in [0.15, 0.2) is 5.76 Å². The normalized spacial score (nSPS) is 11.2. The van der Waals surface area contributed by atoms with Gasteiger partial charge in [-0.3, -0.25) is 9.78 Å². The summed E-state index contributed by atoms with van der Waals surface area (Å²) in [4.78, 5) is 29.4. The van der Waals surface area contributed by atoms with E-state index in [0.29, 0.717) is 27.7 Å². The molecular weight excluding hydrogens is 366 g/mol. The summed E-state index contributed by atoms with van der Waals surface area (Å²) in [6, 6.07) is 18.0. The number of fused-ring (bicyclic) bond motifs is 3. The zero-order chi connectivity index (χ0) is 20.0. The molecule has 5 rings (SSSR count). The lowest BCUT2D eigenvalue weighted by atomic mass is 9.97. The van der Waals surface area contributed by atoms with Crippen molar-refractivity contribution >= 4 is 27.7 Å². The van der Waals surface area contributed by atoms with Gasteiger partial charge in [0.05, 0.1) is 5.39 Å². The number of nitrogens with zero attached hydrogens (tertiary/aromatic N) is 1. The van der Waals surface area contributed by atoms with Gasteiger partial charge in [0, 0.05) is 35.0 Å². The lowest BCUT2D eigenvalue weighted by molar-refractivity contribution is 0.101. The zero-order valence-electron chi connectivity index (χ0n) is 15.5. The Morgan fingerprint density at radius 2 is 1.79 bits per heavy atom.